The summed E-state index contributed by atoms with van der Waals surface area (Å²) in [6.07, 6.45) is -5.07. The van der Waals surface area contributed by atoms with Crippen LogP contribution in [0, 0.1) is 0 Å². The molecule has 0 saturated carbocycles. The molecule has 0 spiro atoms. The Balaban J connectivity index is 2.02. The number of hydrogen-bond donors (Lipinski definition) is 2. The highest BCUT2D eigenvalue weighted by atomic mass is 19.4. The van der Waals surface area contributed by atoms with Crippen molar-refractivity contribution in [1.82, 2.24) is 10.6 Å². The average Bonchev–Trinajstić information content (AvgIpc) is 2.81. The molecule has 2 unspecified atom stereocenters. The van der Waals surface area contributed by atoms with Crippen LogP contribution in [0.4, 0.5) is 13.2 Å². The van der Waals surface area contributed by atoms with Crippen LogP contribution in [0.25, 0.3) is 0 Å². The molecular formula is C14H15F3N2O2. The summed E-state index contributed by atoms with van der Waals surface area (Å²) >= 11 is 0. The lowest BCUT2D eigenvalue weighted by Crippen LogP contribution is -2.38. The van der Waals surface area contributed by atoms with Crippen LogP contribution in [-0.4, -0.2) is 30.6 Å². The van der Waals surface area contributed by atoms with Gasteiger partial charge in [0.25, 0.3) is 0 Å². The van der Waals surface area contributed by atoms with E-state index in [0.717, 1.165) is 0 Å². The van der Waals surface area contributed by atoms with Crippen molar-refractivity contribution in [2.45, 2.75) is 31.0 Å². The second-order valence-corrected chi connectivity index (χ2v) is 4.98. The van der Waals surface area contributed by atoms with Crippen molar-refractivity contribution in [3.63, 3.8) is 0 Å². The molecule has 2 rings (SSSR count). The van der Waals surface area contributed by atoms with E-state index in [1.165, 1.54) is 24.3 Å². The Hall–Kier alpha value is -2.05. The maximum absolute atomic E-state index is 13.1. The van der Waals surface area contributed by atoms with Crippen molar-refractivity contribution >= 4 is 11.8 Å². The third kappa shape index (κ3) is 4.21. The number of halogens is 3. The summed E-state index contributed by atoms with van der Waals surface area (Å²) < 4.78 is 39.3. The fourth-order valence-electron chi connectivity index (χ4n) is 2.29. The van der Waals surface area contributed by atoms with Gasteiger partial charge in [0.15, 0.2) is 0 Å². The van der Waals surface area contributed by atoms with E-state index < -0.39 is 30.5 Å². The molecule has 2 amide bonds. The smallest absolute Gasteiger partial charge is 0.354 e. The van der Waals surface area contributed by atoms with Gasteiger partial charge in [-0.05, 0) is 5.56 Å². The van der Waals surface area contributed by atoms with Crippen LogP contribution in [0.15, 0.2) is 30.3 Å². The van der Waals surface area contributed by atoms with Gasteiger partial charge in [-0.1, -0.05) is 30.3 Å². The lowest BCUT2D eigenvalue weighted by atomic mass is 9.94. The van der Waals surface area contributed by atoms with Crippen molar-refractivity contribution in [1.29, 1.82) is 0 Å². The van der Waals surface area contributed by atoms with E-state index in [1.807, 2.05) is 0 Å². The molecule has 0 bridgehead atoms. The molecule has 1 aliphatic heterocycles. The highest BCUT2D eigenvalue weighted by molar-refractivity contribution is 5.82. The van der Waals surface area contributed by atoms with Crippen molar-refractivity contribution in [2.24, 2.45) is 0 Å². The molecule has 0 aliphatic carbocycles. The minimum absolute atomic E-state index is 0.0563. The zero-order chi connectivity index (χ0) is 15.5. The SMILES string of the molecule is O=C1CC(NC(=O)CC(c2ccccc2)C(F)(F)F)CN1. The predicted molar refractivity (Wildman–Crippen MR) is 69.4 cm³/mol. The van der Waals surface area contributed by atoms with Crippen molar-refractivity contribution in [2.75, 3.05) is 6.54 Å². The second-order valence-electron chi connectivity index (χ2n) is 4.98. The molecule has 1 fully saturated rings. The minimum atomic E-state index is -4.50. The Bertz CT molecular complexity index is 517. The first kappa shape index (κ1) is 15.3. The summed E-state index contributed by atoms with van der Waals surface area (Å²) in [5.74, 6) is -2.76. The van der Waals surface area contributed by atoms with Crippen LogP contribution in [-0.2, 0) is 9.59 Å². The summed E-state index contributed by atoms with van der Waals surface area (Å²) in [7, 11) is 0. The predicted octanol–water partition coefficient (Wildman–Crippen LogP) is 1.73. The van der Waals surface area contributed by atoms with Crippen LogP contribution in [0.2, 0.25) is 0 Å². The van der Waals surface area contributed by atoms with Gasteiger partial charge in [-0.2, -0.15) is 13.2 Å². The first-order valence-electron chi connectivity index (χ1n) is 6.54. The monoisotopic (exact) mass is 300 g/mol. The number of carbonyl (C=O) groups is 2. The lowest BCUT2D eigenvalue weighted by molar-refractivity contribution is -0.157. The van der Waals surface area contributed by atoms with Crippen LogP contribution in [0.3, 0.4) is 0 Å². The molecule has 0 aromatic heterocycles. The number of rotatable bonds is 4. The molecule has 2 atom stereocenters. The topological polar surface area (TPSA) is 58.2 Å². The maximum atomic E-state index is 13.1. The number of hydrogen-bond acceptors (Lipinski definition) is 2. The Kier molecular flexibility index (Phi) is 4.50. The van der Waals surface area contributed by atoms with Gasteiger partial charge in [-0.15, -0.1) is 0 Å². The fourth-order valence-corrected chi connectivity index (χ4v) is 2.29. The Morgan fingerprint density at radius 2 is 2.00 bits per heavy atom. The molecule has 4 nitrogen and oxygen atoms in total. The Morgan fingerprint density at radius 3 is 2.52 bits per heavy atom. The van der Waals surface area contributed by atoms with Gasteiger partial charge in [0, 0.05) is 19.4 Å². The fraction of sp³-hybridized carbons (Fsp3) is 0.429. The molecule has 0 radical (unpaired) electrons. The molecule has 1 aromatic rings. The van der Waals surface area contributed by atoms with Gasteiger partial charge in [0.2, 0.25) is 11.8 Å². The molecule has 7 heteroatoms. The first-order chi connectivity index (χ1) is 9.86. The van der Waals surface area contributed by atoms with Crippen LogP contribution in [0.1, 0.15) is 24.3 Å². The van der Waals surface area contributed by atoms with Crippen LogP contribution < -0.4 is 10.6 Å². The van der Waals surface area contributed by atoms with Gasteiger partial charge in [0.05, 0.1) is 12.0 Å². The third-order valence-electron chi connectivity index (χ3n) is 3.33. The number of benzene rings is 1. The third-order valence-corrected chi connectivity index (χ3v) is 3.33. The van der Waals surface area contributed by atoms with E-state index in [0.29, 0.717) is 0 Å². The molecule has 1 saturated heterocycles. The van der Waals surface area contributed by atoms with Crippen molar-refractivity contribution in [3.05, 3.63) is 35.9 Å². The van der Waals surface area contributed by atoms with Gasteiger partial charge in [-0.3, -0.25) is 9.59 Å². The Labute approximate surface area is 119 Å². The van der Waals surface area contributed by atoms with Gasteiger partial charge in [-0.25, -0.2) is 0 Å². The van der Waals surface area contributed by atoms with Gasteiger partial charge < -0.3 is 10.6 Å². The minimum Gasteiger partial charge on any atom is -0.354 e. The van der Waals surface area contributed by atoms with Crippen molar-refractivity contribution < 1.29 is 22.8 Å². The molecule has 114 valence electrons. The van der Waals surface area contributed by atoms with Gasteiger partial charge >= 0.3 is 6.18 Å². The molecule has 2 N–H and O–H groups in total. The van der Waals surface area contributed by atoms with Crippen LogP contribution in [0.5, 0.6) is 0 Å². The summed E-state index contributed by atoms with van der Waals surface area (Å²) in [5, 5.41) is 4.97. The molecular weight excluding hydrogens is 285 g/mol. The van der Waals surface area contributed by atoms with Crippen molar-refractivity contribution in [3.8, 4) is 0 Å². The van der Waals surface area contributed by atoms with E-state index in [4.69, 9.17) is 0 Å². The summed E-state index contributed by atoms with van der Waals surface area (Å²) in [6, 6.07) is 6.90. The molecule has 1 aromatic carbocycles. The molecule has 21 heavy (non-hydrogen) atoms. The zero-order valence-corrected chi connectivity index (χ0v) is 11.1. The first-order valence-corrected chi connectivity index (χ1v) is 6.54. The maximum Gasteiger partial charge on any atom is 0.396 e. The highest BCUT2D eigenvalue weighted by Gasteiger charge is 2.42. The zero-order valence-electron chi connectivity index (χ0n) is 11.1. The van der Waals surface area contributed by atoms with E-state index in [9.17, 15) is 22.8 Å². The highest BCUT2D eigenvalue weighted by Crippen LogP contribution is 2.37. The second kappa shape index (κ2) is 6.15. The van der Waals surface area contributed by atoms with E-state index in [1.54, 1.807) is 6.07 Å². The number of carbonyl (C=O) groups excluding carboxylic acids is 2. The number of amides is 2. The number of alkyl halides is 3. The molecule has 1 heterocycles. The summed E-state index contributed by atoms with van der Waals surface area (Å²) in [6.45, 7) is 0.257. The average molecular weight is 300 g/mol. The Morgan fingerprint density at radius 1 is 1.33 bits per heavy atom. The van der Waals surface area contributed by atoms with Crippen LogP contribution >= 0.6 is 0 Å². The lowest BCUT2D eigenvalue weighted by Gasteiger charge is -2.21. The molecule has 1 aliphatic rings. The quantitative estimate of drug-likeness (QED) is 0.889. The van der Waals surface area contributed by atoms with Gasteiger partial charge in [0.1, 0.15) is 0 Å². The normalized spacial score (nSPS) is 20.0. The van der Waals surface area contributed by atoms with E-state index in [2.05, 4.69) is 10.6 Å². The summed E-state index contributed by atoms with van der Waals surface area (Å²) in [5.41, 5.74) is 0.0563. The van der Waals surface area contributed by atoms with E-state index in [-0.39, 0.29) is 24.4 Å². The largest absolute Gasteiger partial charge is 0.396 e. The standard InChI is InChI=1S/C14H15F3N2O2/c15-14(16,17)11(9-4-2-1-3-5-9)7-13(21)19-10-6-12(20)18-8-10/h1-5,10-11H,6-8H2,(H,18,20)(H,19,21). The summed E-state index contributed by atoms with van der Waals surface area (Å²) in [4.78, 5) is 22.8. The van der Waals surface area contributed by atoms with E-state index >= 15 is 0 Å². The number of nitrogens with one attached hydrogen (secondary N) is 2.